The van der Waals surface area contributed by atoms with Crippen LogP contribution in [0.3, 0.4) is 0 Å². The van der Waals surface area contributed by atoms with Crippen molar-refractivity contribution in [2.45, 2.75) is 37.1 Å². The molecule has 0 N–H and O–H groups in total. The van der Waals surface area contributed by atoms with E-state index in [0.29, 0.717) is 47.6 Å². The molecule has 0 saturated carbocycles. The van der Waals surface area contributed by atoms with Crippen molar-refractivity contribution in [2.75, 3.05) is 23.8 Å². The number of carbonyl (C=O) groups is 2. The topological polar surface area (TPSA) is 86.6 Å². The van der Waals surface area contributed by atoms with Crippen LogP contribution in [0, 0.1) is 0 Å². The van der Waals surface area contributed by atoms with Crippen LogP contribution < -0.4 is 14.4 Å². The van der Waals surface area contributed by atoms with Crippen molar-refractivity contribution in [1.29, 1.82) is 0 Å². The number of benzene rings is 2. The van der Waals surface area contributed by atoms with Crippen LogP contribution >= 0.6 is 11.8 Å². The Hall–Kier alpha value is -3.59. The molecule has 3 aromatic rings. The van der Waals surface area contributed by atoms with Crippen LogP contribution in [0.25, 0.3) is 0 Å². The molecule has 0 radical (unpaired) electrons. The fourth-order valence-corrected chi connectivity index (χ4v) is 5.80. The Morgan fingerprint density at radius 2 is 2.03 bits per heavy atom. The Labute approximate surface area is 206 Å². The lowest BCUT2D eigenvalue weighted by molar-refractivity contribution is -0.117. The SMILES string of the molecule is C=CCn1c(SCC(=O)c2cc3c4c(c2)CC(=O)N4CCC3)nnc1[C@H]1COc2ccccc2O1. The Kier molecular flexibility index (Phi) is 5.56. The lowest BCUT2D eigenvalue weighted by Crippen LogP contribution is -2.31. The zero-order valence-electron chi connectivity index (χ0n) is 19.1. The highest BCUT2D eigenvalue weighted by Gasteiger charge is 2.33. The lowest BCUT2D eigenvalue weighted by atomic mass is 9.96. The minimum Gasteiger partial charge on any atom is -0.485 e. The Morgan fingerprint density at radius 3 is 2.89 bits per heavy atom. The number of rotatable bonds is 7. The molecule has 6 rings (SSSR count). The first-order valence-electron chi connectivity index (χ1n) is 11.7. The second kappa shape index (κ2) is 8.88. The Balaban J connectivity index is 1.20. The molecule has 1 aromatic heterocycles. The lowest BCUT2D eigenvalue weighted by Gasteiger charge is -2.26. The van der Waals surface area contributed by atoms with E-state index >= 15 is 0 Å². The summed E-state index contributed by atoms with van der Waals surface area (Å²) >= 11 is 1.34. The molecule has 4 heterocycles. The van der Waals surface area contributed by atoms with E-state index in [4.69, 9.17) is 9.47 Å². The normalized spacial score (nSPS) is 17.9. The molecule has 1 amide bonds. The van der Waals surface area contributed by atoms with Gasteiger partial charge in [-0.3, -0.25) is 14.2 Å². The number of anilines is 1. The van der Waals surface area contributed by atoms with Crippen molar-refractivity contribution in [1.82, 2.24) is 14.8 Å². The first kappa shape index (κ1) is 21.9. The minimum atomic E-state index is -0.410. The summed E-state index contributed by atoms with van der Waals surface area (Å²) in [5.74, 6) is 2.36. The van der Waals surface area contributed by atoms with Crippen molar-refractivity contribution in [3.63, 3.8) is 0 Å². The van der Waals surface area contributed by atoms with Crippen LogP contribution in [-0.4, -0.2) is 45.4 Å². The zero-order valence-corrected chi connectivity index (χ0v) is 19.9. The first-order chi connectivity index (χ1) is 17.1. The number of amides is 1. The zero-order chi connectivity index (χ0) is 23.9. The molecule has 1 atom stereocenters. The van der Waals surface area contributed by atoms with Crippen LogP contribution in [0.5, 0.6) is 11.5 Å². The quantitative estimate of drug-likeness (QED) is 0.284. The van der Waals surface area contributed by atoms with E-state index < -0.39 is 6.10 Å². The van der Waals surface area contributed by atoms with Crippen LogP contribution in [-0.2, 0) is 24.2 Å². The second-order valence-electron chi connectivity index (χ2n) is 8.78. The van der Waals surface area contributed by atoms with Gasteiger partial charge in [0.15, 0.2) is 34.4 Å². The van der Waals surface area contributed by atoms with Crippen molar-refractivity contribution in [3.05, 3.63) is 71.6 Å². The number of allylic oxidation sites excluding steroid dienone is 1. The number of ether oxygens (including phenoxy) is 2. The molecular formula is C26H24N4O4S. The van der Waals surface area contributed by atoms with Gasteiger partial charge in [-0.05, 0) is 48.2 Å². The van der Waals surface area contributed by atoms with Crippen LogP contribution in [0.4, 0.5) is 5.69 Å². The maximum absolute atomic E-state index is 13.1. The number of aryl methyl sites for hydroxylation is 1. The maximum atomic E-state index is 13.1. The van der Waals surface area contributed by atoms with E-state index in [1.165, 1.54) is 11.8 Å². The molecule has 0 unspecified atom stereocenters. The van der Waals surface area contributed by atoms with E-state index in [1.54, 1.807) is 6.08 Å². The molecular weight excluding hydrogens is 464 g/mol. The predicted octanol–water partition coefficient (Wildman–Crippen LogP) is 3.79. The molecule has 0 saturated heterocycles. The third-order valence-corrected chi connectivity index (χ3v) is 7.48. The number of carbonyl (C=O) groups excluding carboxylic acids is 2. The summed E-state index contributed by atoms with van der Waals surface area (Å²) < 4.78 is 13.9. The first-order valence-corrected chi connectivity index (χ1v) is 12.7. The van der Waals surface area contributed by atoms with E-state index in [9.17, 15) is 9.59 Å². The number of aromatic nitrogens is 3. The van der Waals surface area contributed by atoms with Crippen LogP contribution in [0.1, 0.15) is 39.8 Å². The molecule has 3 aliphatic heterocycles. The smallest absolute Gasteiger partial charge is 0.231 e. The summed E-state index contributed by atoms with van der Waals surface area (Å²) in [5.41, 5.74) is 3.74. The highest BCUT2D eigenvalue weighted by molar-refractivity contribution is 7.99. The van der Waals surface area contributed by atoms with Gasteiger partial charge in [-0.2, -0.15) is 0 Å². The number of Topliss-reactive ketones (excluding diaryl/α,β-unsaturated/α-hetero) is 1. The van der Waals surface area contributed by atoms with Crippen molar-refractivity contribution < 1.29 is 19.1 Å². The molecule has 178 valence electrons. The van der Waals surface area contributed by atoms with Gasteiger partial charge in [-0.25, -0.2) is 0 Å². The number of nitrogens with zero attached hydrogens (tertiary/aromatic N) is 4. The van der Waals surface area contributed by atoms with Crippen molar-refractivity contribution in [3.8, 4) is 11.5 Å². The van der Waals surface area contributed by atoms with Gasteiger partial charge in [0.05, 0.1) is 17.9 Å². The summed E-state index contributed by atoms with van der Waals surface area (Å²) in [6.45, 7) is 5.43. The third kappa shape index (κ3) is 3.89. The van der Waals surface area contributed by atoms with E-state index in [-0.39, 0.29) is 17.4 Å². The van der Waals surface area contributed by atoms with Gasteiger partial charge in [-0.15, -0.1) is 16.8 Å². The highest BCUT2D eigenvalue weighted by atomic mass is 32.2. The molecule has 2 aromatic carbocycles. The number of hydrogen-bond donors (Lipinski definition) is 0. The molecule has 8 nitrogen and oxygen atoms in total. The largest absolute Gasteiger partial charge is 0.485 e. The van der Waals surface area contributed by atoms with Gasteiger partial charge in [0.1, 0.15) is 6.61 Å². The summed E-state index contributed by atoms with van der Waals surface area (Å²) in [6, 6.07) is 11.4. The fraction of sp³-hybridized carbons (Fsp3) is 0.308. The molecule has 0 aliphatic carbocycles. The van der Waals surface area contributed by atoms with Gasteiger partial charge < -0.3 is 14.4 Å². The van der Waals surface area contributed by atoms with E-state index in [1.807, 2.05) is 45.9 Å². The molecule has 0 fully saturated rings. The standard InChI is InChI=1S/C26H24N4O4S/c1-2-9-30-25(22-14-33-20-7-3-4-8-21(20)34-22)27-28-26(30)35-15-19(31)17-11-16-6-5-10-29-23(32)13-18(12-17)24(16)29/h2-4,7-8,11-12,22H,1,5-6,9-10,13-15H2/t22-/m1/s1. The maximum Gasteiger partial charge on any atom is 0.231 e. The molecule has 0 bridgehead atoms. The average molecular weight is 489 g/mol. The van der Waals surface area contributed by atoms with Gasteiger partial charge in [0, 0.05) is 18.7 Å². The van der Waals surface area contributed by atoms with Gasteiger partial charge >= 0.3 is 0 Å². The summed E-state index contributed by atoms with van der Waals surface area (Å²) in [7, 11) is 0. The number of para-hydroxylation sites is 2. The minimum absolute atomic E-state index is 0.00593. The number of hydrogen-bond acceptors (Lipinski definition) is 7. The van der Waals surface area contributed by atoms with Crippen molar-refractivity contribution in [2.24, 2.45) is 0 Å². The number of ketones is 1. The Morgan fingerprint density at radius 1 is 1.20 bits per heavy atom. The molecule has 0 spiro atoms. The number of fused-ring (bicyclic) bond motifs is 1. The van der Waals surface area contributed by atoms with Crippen LogP contribution in [0.2, 0.25) is 0 Å². The molecule has 3 aliphatic rings. The molecule has 9 heteroatoms. The third-order valence-electron chi connectivity index (χ3n) is 6.52. The number of thioether (sulfide) groups is 1. The van der Waals surface area contributed by atoms with E-state index in [0.717, 1.165) is 36.2 Å². The van der Waals surface area contributed by atoms with Gasteiger partial charge in [-0.1, -0.05) is 30.0 Å². The summed E-state index contributed by atoms with van der Waals surface area (Å²) in [6.07, 6.45) is 3.55. The summed E-state index contributed by atoms with van der Waals surface area (Å²) in [4.78, 5) is 27.3. The van der Waals surface area contributed by atoms with Crippen LogP contribution in [0.15, 0.2) is 54.2 Å². The van der Waals surface area contributed by atoms with Gasteiger partial charge in [0.25, 0.3) is 0 Å². The monoisotopic (exact) mass is 488 g/mol. The summed E-state index contributed by atoms with van der Waals surface area (Å²) in [5, 5.41) is 9.33. The van der Waals surface area contributed by atoms with E-state index in [2.05, 4.69) is 16.8 Å². The molecule has 35 heavy (non-hydrogen) atoms. The van der Waals surface area contributed by atoms with Gasteiger partial charge in [0.2, 0.25) is 5.91 Å². The Bertz CT molecular complexity index is 1350. The fourth-order valence-electron chi connectivity index (χ4n) is 4.95. The second-order valence-corrected chi connectivity index (χ2v) is 9.73. The predicted molar refractivity (Wildman–Crippen MR) is 131 cm³/mol. The van der Waals surface area contributed by atoms with Crippen molar-refractivity contribution >= 4 is 29.1 Å². The highest BCUT2D eigenvalue weighted by Crippen LogP contribution is 2.38. The average Bonchev–Trinajstić information content (AvgIpc) is 3.43.